The van der Waals surface area contributed by atoms with Gasteiger partial charge in [0.2, 0.25) is 0 Å². The number of piperidine rings is 1. The molecule has 2 aliphatic heterocycles. The van der Waals surface area contributed by atoms with Crippen LogP contribution in [-0.4, -0.2) is 70.9 Å². The number of aromatic nitrogens is 2. The first-order chi connectivity index (χ1) is 20.2. The fraction of sp³-hybridized carbons (Fsp3) is 0.394. The van der Waals surface area contributed by atoms with E-state index < -0.39 is 0 Å². The maximum Gasteiger partial charge on any atom is 0.329 e. The van der Waals surface area contributed by atoms with Gasteiger partial charge < -0.3 is 15.0 Å². The Balaban J connectivity index is 1.13. The summed E-state index contributed by atoms with van der Waals surface area (Å²) < 4.78 is 9.39. The number of nitrogens with zero attached hydrogens (tertiary/aromatic N) is 4. The van der Waals surface area contributed by atoms with E-state index in [4.69, 9.17) is 4.74 Å². The Bertz CT molecular complexity index is 1450. The molecule has 0 aliphatic carbocycles. The first kappa shape index (κ1) is 27.3. The molecular weight excluding hydrogens is 514 g/mol. The van der Waals surface area contributed by atoms with Crippen molar-refractivity contribution in [3.63, 3.8) is 0 Å². The number of para-hydroxylation sites is 2. The van der Waals surface area contributed by atoms with E-state index in [9.17, 15) is 9.59 Å². The molecule has 0 atom stereocenters. The molecule has 214 valence electrons. The molecule has 0 unspecified atom stereocenters. The summed E-state index contributed by atoms with van der Waals surface area (Å²) in [5.41, 5.74) is 4.14. The van der Waals surface area contributed by atoms with Gasteiger partial charge in [-0.15, -0.1) is 0 Å². The highest BCUT2D eigenvalue weighted by Crippen LogP contribution is 2.27. The highest BCUT2D eigenvalue weighted by molar-refractivity contribution is 5.77. The zero-order valence-corrected chi connectivity index (χ0v) is 23.5. The van der Waals surface area contributed by atoms with E-state index >= 15 is 0 Å². The number of aryl methyl sites for hydroxylation is 1. The van der Waals surface area contributed by atoms with E-state index in [0.717, 1.165) is 74.3 Å². The van der Waals surface area contributed by atoms with Gasteiger partial charge >= 0.3 is 11.7 Å². The Morgan fingerprint density at radius 2 is 1.37 bits per heavy atom. The van der Waals surface area contributed by atoms with Crippen LogP contribution in [0.1, 0.15) is 42.5 Å². The van der Waals surface area contributed by atoms with Gasteiger partial charge in [0.25, 0.3) is 0 Å². The molecule has 1 aromatic heterocycles. The number of hydrogen-bond acceptors (Lipinski definition) is 4. The van der Waals surface area contributed by atoms with Gasteiger partial charge in [-0.25, -0.2) is 9.59 Å². The number of likely N-dealkylation sites (tertiary alicyclic amines) is 1. The summed E-state index contributed by atoms with van der Waals surface area (Å²) in [4.78, 5) is 31.5. The molecule has 8 heteroatoms. The van der Waals surface area contributed by atoms with Crippen LogP contribution < -0.4 is 11.0 Å². The zero-order chi connectivity index (χ0) is 28.0. The normalized spacial score (nSPS) is 16.9. The van der Waals surface area contributed by atoms with Crippen LogP contribution in [0.15, 0.2) is 89.7 Å². The molecule has 2 fully saturated rings. The Morgan fingerprint density at radius 3 is 2.00 bits per heavy atom. The molecule has 3 aromatic carbocycles. The number of ether oxygens (including phenoxy) is 1. The van der Waals surface area contributed by atoms with Crippen molar-refractivity contribution in [2.24, 2.45) is 0 Å². The van der Waals surface area contributed by atoms with E-state index in [-0.39, 0.29) is 23.8 Å². The number of urea groups is 1. The topological polar surface area (TPSA) is 71.7 Å². The fourth-order valence-electron chi connectivity index (χ4n) is 6.27. The highest BCUT2D eigenvalue weighted by Gasteiger charge is 2.29. The summed E-state index contributed by atoms with van der Waals surface area (Å²) in [6, 6.07) is 28.1. The summed E-state index contributed by atoms with van der Waals surface area (Å²) in [6.45, 7) is 6.37. The maximum absolute atomic E-state index is 13.7. The van der Waals surface area contributed by atoms with Crippen LogP contribution in [0.5, 0.6) is 0 Å². The molecule has 41 heavy (non-hydrogen) atoms. The molecular formula is C33H39N5O3. The lowest BCUT2D eigenvalue weighted by atomic mass is 9.99. The molecule has 2 saturated heterocycles. The number of carbonyl (C=O) groups excluding carboxylic acids is 1. The molecule has 4 aromatic rings. The summed E-state index contributed by atoms with van der Waals surface area (Å²) in [6.07, 6.45) is 2.42. The minimum Gasteiger partial charge on any atom is -0.379 e. The molecule has 1 N–H and O–H groups in total. The Labute approximate surface area is 241 Å². The SMILES string of the molecule is O=C(NC(c1ccccc1)c1ccccc1)N1CCC(n2c(=O)n(CCCN3CCOCC3)c3ccccc32)CC1. The number of hydrogen-bond donors (Lipinski definition) is 1. The number of rotatable bonds is 8. The van der Waals surface area contributed by atoms with Gasteiger partial charge in [-0.3, -0.25) is 14.0 Å². The molecule has 0 saturated carbocycles. The van der Waals surface area contributed by atoms with Gasteiger partial charge in [-0.1, -0.05) is 72.8 Å². The van der Waals surface area contributed by atoms with Crippen molar-refractivity contribution in [1.29, 1.82) is 0 Å². The van der Waals surface area contributed by atoms with Crippen molar-refractivity contribution in [3.05, 3.63) is 107 Å². The van der Waals surface area contributed by atoms with Crippen LogP contribution in [0.2, 0.25) is 0 Å². The molecule has 2 amide bonds. The average molecular weight is 554 g/mol. The largest absolute Gasteiger partial charge is 0.379 e. The number of nitrogens with one attached hydrogen (secondary N) is 1. The van der Waals surface area contributed by atoms with Crippen LogP contribution in [0.4, 0.5) is 4.79 Å². The Kier molecular flexibility index (Phi) is 8.49. The Hall–Kier alpha value is -3.88. The van der Waals surface area contributed by atoms with Crippen molar-refractivity contribution in [2.45, 2.75) is 37.9 Å². The standard InChI is InChI=1S/C33H39N5O3/c39-32(34-31(26-10-3-1-4-11-26)27-12-5-2-6-13-27)36-20-16-28(17-21-36)38-30-15-8-7-14-29(30)37(33(38)40)19-9-18-35-22-24-41-25-23-35/h1-8,10-15,28,31H,9,16-25H2,(H,34,39). The number of benzene rings is 3. The summed E-state index contributed by atoms with van der Waals surface area (Å²) in [7, 11) is 0. The van der Waals surface area contributed by atoms with Crippen molar-refractivity contribution in [1.82, 2.24) is 24.3 Å². The minimum atomic E-state index is -0.222. The summed E-state index contributed by atoms with van der Waals surface area (Å²) >= 11 is 0. The lowest BCUT2D eigenvalue weighted by Crippen LogP contribution is -2.46. The van der Waals surface area contributed by atoms with Crippen molar-refractivity contribution in [2.75, 3.05) is 45.9 Å². The first-order valence-corrected chi connectivity index (χ1v) is 14.8. The lowest BCUT2D eigenvalue weighted by molar-refractivity contribution is 0.0369. The van der Waals surface area contributed by atoms with Gasteiger partial charge in [-0.2, -0.15) is 0 Å². The number of carbonyl (C=O) groups is 1. The molecule has 8 nitrogen and oxygen atoms in total. The van der Waals surface area contributed by atoms with Gasteiger partial charge in [0, 0.05) is 45.3 Å². The van der Waals surface area contributed by atoms with Crippen molar-refractivity contribution < 1.29 is 9.53 Å². The predicted molar refractivity (Wildman–Crippen MR) is 161 cm³/mol. The average Bonchev–Trinajstić information content (AvgIpc) is 3.32. The second-order valence-electron chi connectivity index (χ2n) is 11.0. The maximum atomic E-state index is 13.7. The molecule has 0 radical (unpaired) electrons. The van der Waals surface area contributed by atoms with Crippen molar-refractivity contribution >= 4 is 17.1 Å². The third-order valence-corrected chi connectivity index (χ3v) is 8.48. The van der Waals surface area contributed by atoms with Gasteiger partial charge in [-0.05, 0) is 42.5 Å². The fourth-order valence-corrected chi connectivity index (χ4v) is 6.27. The van der Waals surface area contributed by atoms with Crippen LogP contribution in [0.3, 0.4) is 0 Å². The van der Waals surface area contributed by atoms with Crippen LogP contribution >= 0.6 is 0 Å². The number of amides is 2. The molecule has 2 aliphatic rings. The smallest absolute Gasteiger partial charge is 0.329 e. The second kappa shape index (κ2) is 12.7. The lowest BCUT2D eigenvalue weighted by Gasteiger charge is -2.34. The van der Waals surface area contributed by atoms with E-state index in [1.54, 1.807) is 0 Å². The van der Waals surface area contributed by atoms with E-state index in [0.29, 0.717) is 19.6 Å². The molecule has 3 heterocycles. The molecule has 6 rings (SSSR count). The Morgan fingerprint density at radius 1 is 0.780 bits per heavy atom. The van der Waals surface area contributed by atoms with Gasteiger partial charge in [0.05, 0.1) is 30.3 Å². The third-order valence-electron chi connectivity index (χ3n) is 8.48. The quantitative estimate of drug-likeness (QED) is 0.345. The monoisotopic (exact) mass is 553 g/mol. The minimum absolute atomic E-state index is 0.0595. The van der Waals surface area contributed by atoms with E-state index in [1.807, 2.05) is 86.8 Å². The zero-order valence-electron chi connectivity index (χ0n) is 23.5. The van der Waals surface area contributed by atoms with Crippen LogP contribution in [-0.2, 0) is 11.3 Å². The predicted octanol–water partition coefficient (Wildman–Crippen LogP) is 4.66. The number of fused-ring (bicyclic) bond motifs is 1. The highest BCUT2D eigenvalue weighted by atomic mass is 16.5. The molecule has 0 bridgehead atoms. The number of morpholine rings is 1. The number of imidazole rings is 1. The van der Waals surface area contributed by atoms with E-state index in [2.05, 4.69) is 22.3 Å². The van der Waals surface area contributed by atoms with Gasteiger partial charge in [0.15, 0.2) is 0 Å². The van der Waals surface area contributed by atoms with Crippen LogP contribution in [0.25, 0.3) is 11.0 Å². The summed E-state index contributed by atoms with van der Waals surface area (Å²) in [5.74, 6) is 0. The molecule has 0 spiro atoms. The van der Waals surface area contributed by atoms with Gasteiger partial charge in [0.1, 0.15) is 0 Å². The summed E-state index contributed by atoms with van der Waals surface area (Å²) in [5, 5.41) is 3.27. The third kappa shape index (κ3) is 6.09. The van der Waals surface area contributed by atoms with E-state index in [1.165, 1.54) is 0 Å². The van der Waals surface area contributed by atoms with Crippen molar-refractivity contribution in [3.8, 4) is 0 Å². The van der Waals surface area contributed by atoms with Crippen LogP contribution in [0, 0.1) is 0 Å². The second-order valence-corrected chi connectivity index (χ2v) is 11.0. The first-order valence-electron chi connectivity index (χ1n) is 14.8.